The Labute approximate surface area is 172 Å². The smallest absolute Gasteiger partial charge is 0.270 e. The van der Waals surface area contributed by atoms with Crippen LogP contribution in [0.2, 0.25) is 0 Å². The zero-order chi connectivity index (χ0) is 20.5. The lowest BCUT2D eigenvalue weighted by molar-refractivity contribution is 0.102. The summed E-state index contributed by atoms with van der Waals surface area (Å²) in [4.78, 5) is 22.2. The Bertz CT molecular complexity index is 1190. The van der Waals surface area contributed by atoms with E-state index in [4.69, 9.17) is 4.52 Å². The van der Waals surface area contributed by atoms with E-state index in [1.54, 1.807) is 0 Å². The number of nitrogens with zero attached hydrogens (tertiary/aromatic N) is 3. The highest BCUT2D eigenvalue weighted by Crippen LogP contribution is 2.33. The fourth-order valence-electron chi connectivity index (χ4n) is 2.84. The van der Waals surface area contributed by atoms with E-state index in [-0.39, 0.29) is 5.91 Å². The van der Waals surface area contributed by atoms with E-state index in [1.807, 2.05) is 70.2 Å². The molecule has 0 radical (unpaired) electrons. The van der Waals surface area contributed by atoms with E-state index >= 15 is 0 Å². The largest absolute Gasteiger partial charge is 0.333 e. The van der Waals surface area contributed by atoms with Crippen LogP contribution in [0.15, 0.2) is 47.0 Å². The number of benzene rings is 2. The predicted octanol–water partition coefficient (Wildman–Crippen LogP) is 5.35. The van der Waals surface area contributed by atoms with Crippen LogP contribution in [0.3, 0.4) is 0 Å². The molecule has 146 valence electrons. The topological polar surface area (TPSA) is 80.9 Å². The summed E-state index contributed by atoms with van der Waals surface area (Å²) in [6.07, 6.45) is 0. The number of carbonyl (C=O) groups excluding carboxylic acids is 1. The van der Waals surface area contributed by atoms with Crippen molar-refractivity contribution in [2.24, 2.45) is 0 Å². The molecule has 2 heterocycles. The molecular formula is C22H20N4O2S. The number of hydrogen-bond acceptors (Lipinski definition) is 6. The van der Waals surface area contributed by atoms with Crippen LogP contribution in [0, 0.1) is 27.7 Å². The number of anilines is 1. The summed E-state index contributed by atoms with van der Waals surface area (Å²) < 4.78 is 5.44. The van der Waals surface area contributed by atoms with Crippen LogP contribution in [0.4, 0.5) is 5.13 Å². The van der Waals surface area contributed by atoms with Gasteiger partial charge in [0.15, 0.2) is 5.13 Å². The fraction of sp³-hybridized carbons (Fsp3) is 0.182. The van der Waals surface area contributed by atoms with Gasteiger partial charge in [-0.25, -0.2) is 4.98 Å². The van der Waals surface area contributed by atoms with E-state index < -0.39 is 0 Å². The van der Waals surface area contributed by atoms with Crippen molar-refractivity contribution in [1.82, 2.24) is 15.1 Å². The van der Waals surface area contributed by atoms with Crippen molar-refractivity contribution in [3.8, 4) is 22.2 Å². The maximum absolute atomic E-state index is 12.6. The Morgan fingerprint density at radius 2 is 1.72 bits per heavy atom. The van der Waals surface area contributed by atoms with Gasteiger partial charge in [0, 0.05) is 11.1 Å². The molecule has 0 fully saturated rings. The van der Waals surface area contributed by atoms with Crippen molar-refractivity contribution in [2.45, 2.75) is 27.7 Å². The molecule has 0 aliphatic heterocycles. The maximum Gasteiger partial charge on any atom is 0.270 e. The normalized spacial score (nSPS) is 10.9. The number of nitrogens with one attached hydrogen (secondary N) is 1. The van der Waals surface area contributed by atoms with Gasteiger partial charge in [-0.1, -0.05) is 52.4 Å². The molecule has 6 nitrogen and oxygen atoms in total. The highest BCUT2D eigenvalue weighted by atomic mass is 32.1. The van der Waals surface area contributed by atoms with Crippen molar-refractivity contribution in [3.63, 3.8) is 0 Å². The summed E-state index contributed by atoms with van der Waals surface area (Å²) in [7, 11) is 0. The van der Waals surface area contributed by atoms with Gasteiger partial charge in [0.25, 0.3) is 11.8 Å². The van der Waals surface area contributed by atoms with Gasteiger partial charge < -0.3 is 4.52 Å². The molecule has 2 aromatic heterocycles. The first-order chi connectivity index (χ1) is 13.9. The number of carbonyl (C=O) groups is 1. The first-order valence-corrected chi connectivity index (χ1v) is 9.99. The van der Waals surface area contributed by atoms with Gasteiger partial charge in [-0.3, -0.25) is 10.1 Å². The number of rotatable bonds is 4. The molecule has 29 heavy (non-hydrogen) atoms. The minimum absolute atomic E-state index is 0.195. The second-order valence-electron chi connectivity index (χ2n) is 6.98. The highest BCUT2D eigenvalue weighted by Gasteiger charge is 2.18. The van der Waals surface area contributed by atoms with Gasteiger partial charge in [-0.2, -0.15) is 4.98 Å². The molecule has 0 saturated heterocycles. The van der Waals surface area contributed by atoms with Crippen LogP contribution in [0.1, 0.15) is 32.7 Å². The third kappa shape index (κ3) is 3.95. The molecule has 0 spiro atoms. The molecule has 0 aliphatic rings. The lowest BCUT2D eigenvalue weighted by Gasteiger charge is -2.04. The standard InChI is InChI=1S/C22H20N4O2S/c1-12-5-8-16(9-6-12)19-24-21(28-26-19)18-15(4)23-22(29-18)25-20(27)17-10-7-13(2)14(3)11-17/h5-11H,1-4H3,(H,23,25,27). The Balaban J connectivity index is 1.56. The summed E-state index contributed by atoms with van der Waals surface area (Å²) >= 11 is 1.31. The molecule has 7 heteroatoms. The van der Waals surface area contributed by atoms with Gasteiger partial charge in [-0.15, -0.1) is 0 Å². The lowest BCUT2D eigenvalue weighted by Crippen LogP contribution is -2.12. The third-order valence-electron chi connectivity index (χ3n) is 4.72. The number of thiazole rings is 1. The first-order valence-electron chi connectivity index (χ1n) is 9.18. The average Bonchev–Trinajstić information content (AvgIpc) is 3.31. The van der Waals surface area contributed by atoms with Crippen molar-refractivity contribution >= 4 is 22.4 Å². The zero-order valence-electron chi connectivity index (χ0n) is 16.6. The number of aryl methyl sites for hydroxylation is 4. The Hall–Kier alpha value is -3.32. The Kier molecular flexibility index (Phi) is 4.98. The monoisotopic (exact) mass is 404 g/mol. The van der Waals surface area contributed by atoms with Crippen LogP contribution in [-0.2, 0) is 0 Å². The number of hydrogen-bond donors (Lipinski definition) is 1. The van der Waals surface area contributed by atoms with Crippen molar-refractivity contribution in [1.29, 1.82) is 0 Å². The summed E-state index contributed by atoms with van der Waals surface area (Å²) in [5, 5.41) is 7.43. The van der Waals surface area contributed by atoms with Crippen LogP contribution in [0.25, 0.3) is 22.2 Å². The third-order valence-corrected chi connectivity index (χ3v) is 5.78. The molecule has 1 amide bonds. The van der Waals surface area contributed by atoms with E-state index in [0.29, 0.717) is 22.4 Å². The molecule has 1 N–H and O–H groups in total. The summed E-state index contributed by atoms with van der Waals surface area (Å²) in [6.45, 7) is 7.88. The molecule has 0 aliphatic carbocycles. The molecule has 0 atom stereocenters. The van der Waals surface area contributed by atoms with Crippen molar-refractivity contribution in [2.75, 3.05) is 5.32 Å². The van der Waals surface area contributed by atoms with Gasteiger partial charge >= 0.3 is 0 Å². The highest BCUT2D eigenvalue weighted by molar-refractivity contribution is 7.19. The summed E-state index contributed by atoms with van der Waals surface area (Å²) in [5.74, 6) is 0.718. The van der Waals surface area contributed by atoms with Crippen LogP contribution >= 0.6 is 11.3 Å². The molecule has 0 unspecified atom stereocenters. The van der Waals surface area contributed by atoms with E-state index in [2.05, 4.69) is 20.4 Å². The average molecular weight is 404 g/mol. The number of aromatic nitrogens is 3. The molecule has 4 aromatic rings. The summed E-state index contributed by atoms with van der Waals surface area (Å²) in [5.41, 5.74) is 5.60. The second-order valence-corrected chi connectivity index (χ2v) is 7.97. The van der Waals surface area contributed by atoms with Gasteiger partial charge in [-0.05, 0) is 51.0 Å². The minimum Gasteiger partial charge on any atom is -0.333 e. The van der Waals surface area contributed by atoms with Crippen LogP contribution in [-0.4, -0.2) is 21.0 Å². The predicted molar refractivity (Wildman–Crippen MR) is 114 cm³/mol. The first kappa shape index (κ1) is 19.0. The maximum atomic E-state index is 12.6. The lowest BCUT2D eigenvalue weighted by atomic mass is 10.1. The Morgan fingerprint density at radius 1 is 0.966 bits per heavy atom. The molecule has 2 aromatic carbocycles. The molecule has 4 rings (SSSR count). The minimum atomic E-state index is -0.195. The van der Waals surface area contributed by atoms with E-state index in [1.165, 1.54) is 16.9 Å². The zero-order valence-corrected chi connectivity index (χ0v) is 17.4. The van der Waals surface area contributed by atoms with Gasteiger partial charge in [0.1, 0.15) is 4.88 Å². The molecule has 0 saturated carbocycles. The van der Waals surface area contributed by atoms with Crippen molar-refractivity contribution < 1.29 is 9.32 Å². The molecule has 0 bridgehead atoms. The number of amides is 1. The van der Waals surface area contributed by atoms with Gasteiger partial charge in [0.05, 0.1) is 5.69 Å². The quantitative estimate of drug-likeness (QED) is 0.496. The Morgan fingerprint density at radius 3 is 2.45 bits per heavy atom. The van der Waals surface area contributed by atoms with Gasteiger partial charge in [0.2, 0.25) is 5.82 Å². The SMILES string of the molecule is Cc1ccc(-c2noc(-c3sc(NC(=O)c4ccc(C)c(C)c4)nc3C)n2)cc1. The summed E-state index contributed by atoms with van der Waals surface area (Å²) in [6, 6.07) is 13.5. The van der Waals surface area contributed by atoms with E-state index in [9.17, 15) is 4.79 Å². The van der Waals surface area contributed by atoms with E-state index in [0.717, 1.165) is 27.3 Å². The van der Waals surface area contributed by atoms with Crippen LogP contribution < -0.4 is 5.32 Å². The fourth-order valence-corrected chi connectivity index (χ4v) is 3.72. The second kappa shape index (κ2) is 7.60. The van der Waals surface area contributed by atoms with Crippen molar-refractivity contribution in [3.05, 3.63) is 70.4 Å². The van der Waals surface area contributed by atoms with Crippen LogP contribution in [0.5, 0.6) is 0 Å². The molecular weight excluding hydrogens is 384 g/mol.